The number of fused-ring (bicyclic) bond motifs is 5. The van der Waals surface area contributed by atoms with Crippen LogP contribution in [0.15, 0.2) is 54.6 Å². The van der Waals surface area contributed by atoms with Crippen molar-refractivity contribution in [2.24, 2.45) is 11.3 Å². The highest BCUT2D eigenvalue weighted by molar-refractivity contribution is 6.17. The lowest BCUT2D eigenvalue weighted by atomic mass is 9.62. The first-order chi connectivity index (χ1) is 11.4. The summed E-state index contributed by atoms with van der Waals surface area (Å²) in [6.07, 6.45) is -1.28. The molecule has 2 bridgehead atoms. The molecule has 2 fully saturated rings. The molecule has 3 aliphatic rings. The highest BCUT2D eigenvalue weighted by Crippen LogP contribution is 2.80. The fraction of sp³-hybridized carbons (Fsp3) is 0.333. The molecule has 0 saturated heterocycles. The van der Waals surface area contributed by atoms with Crippen LogP contribution in [-0.4, -0.2) is 22.8 Å². The van der Waals surface area contributed by atoms with Gasteiger partial charge in [0.25, 0.3) is 0 Å². The van der Waals surface area contributed by atoms with Crippen molar-refractivity contribution in [2.45, 2.75) is 30.8 Å². The summed E-state index contributed by atoms with van der Waals surface area (Å²) in [7, 11) is 0. The first-order valence-electron chi connectivity index (χ1n) is 8.35. The molecule has 3 nitrogen and oxygen atoms in total. The molecule has 2 aromatic rings. The average molecular weight is 318 g/mol. The molecule has 2 unspecified atom stereocenters. The molecule has 0 aromatic heterocycles. The lowest BCUT2D eigenvalue weighted by molar-refractivity contribution is -0.149. The summed E-state index contributed by atoms with van der Waals surface area (Å²) >= 11 is 0. The molecule has 3 aliphatic carbocycles. The summed E-state index contributed by atoms with van der Waals surface area (Å²) in [6.45, 7) is 3.58. The Hall–Kier alpha value is -2.26. The van der Waals surface area contributed by atoms with Crippen molar-refractivity contribution >= 4 is 11.6 Å². The molecule has 24 heavy (non-hydrogen) atoms. The number of Topliss-reactive ketones (excluding diaryl/α,β-unsaturated/α-hetero) is 2. The summed E-state index contributed by atoms with van der Waals surface area (Å²) in [4.78, 5) is 26.5. The predicted octanol–water partition coefficient (Wildman–Crippen LogP) is 2.39. The third-order valence-corrected chi connectivity index (χ3v) is 6.97. The van der Waals surface area contributed by atoms with Crippen LogP contribution in [0.2, 0.25) is 0 Å². The van der Waals surface area contributed by atoms with E-state index in [0.29, 0.717) is 0 Å². The number of ketones is 2. The number of aliphatic hydroxyl groups is 1. The molecule has 0 aliphatic heterocycles. The van der Waals surface area contributed by atoms with E-state index in [1.807, 2.05) is 61.5 Å². The second-order valence-electron chi connectivity index (χ2n) is 7.69. The van der Waals surface area contributed by atoms with Crippen LogP contribution < -0.4 is 0 Å². The Kier molecular flexibility index (Phi) is 2.27. The van der Waals surface area contributed by atoms with Crippen LogP contribution in [0.5, 0.6) is 0 Å². The summed E-state index contributed by atoms with van der Waals surface area (Å²) in [6, 6.07) is 17.6. The minimum Gasteiger partial charge on any atom is -0.384 e. The molecule has 3 heteroatoms. The van der Waals surface area contributed by atoms with Gasteiger partial charge >= 0.3 is 0 Å². The molecule has 2 aromatic carbocycles. The van der Waals surface area contributed by atoms with Crippen LogP contribution in [-0.2, 0) is 20.4 Å². The van der Waals surface area contributed by atoms with E-state index < -0.39 is 22.3 Å². The molecule has 5 rings (SSSR count). The quantitative estimate of drug-likeness (QED) is 0.878. The topological polar surface area (TPSA) is 54.4 Å². The number of carbonyl (C=O) groups is 2. The second-order valence-corrected chi connectivity index (χ2v) is 7.69. The minimum atomic E-state index is -1.28. The summed E-state index contributed by atoms with van der Waals surface area (Å²) in [5.41, 5.74) is 0.176. The Labute approximate surface area is 140 Å². The SMILES string of the molecule is C[C@]12C(=O)C3C(c4ccccc4)(c4ccccc41)[C@@]3(C)C(=O)[C@@H]2O. The summed E-state index contributed by atoms with van der Waals surface area (Å²) in [5, 5.41) is 10.8. The Bertz CT molecular complexity index is 918. The monoisotopic (exact) mass is 318 g/mol. The molecular weight excluding hydrogens is 300 g/mol. The first kappa shape index (κ1) is 14.1. The Morgan fingerprint density at radius 1 is 0.833 bits per heavy atom. The van der Waals surface area contributed by atoms with Crippen LogP contribution in [0, 0.1) is 11.3 Å². The Morgan fingerprint density at radius 2 is 1.42 bits per heavy atom. The van der Waals surface area contributed by atoms with Gasteiger partial charge in [-0.1, -0.05) is 61.5 Å². The molecular formula is C21H18O3. The summed E-state index contributed by atoms with van der Waals surface area (Å²) in [5.74, 6) is -0.586. The maximum atomic E-state index is 13.3. The number of hydrogen-bond acceptors (Lipinski definition) is 3. The van der Waals surface area contributed by atoms with E-state index in [4.69, 9.17) is 0 Å². The van der Waals surface area contributed by atoms with Gasteiger partial charge in [0, 0.05) is 11.3 Å². The second kappa shape index (κ2) is 3.86. The average Bonchev–Trinajstić information content (AvgIpc) is 3.22. The van der Waals surface area contributed by atoms with Crippen LogP contribution in [0.3, 0.4) is 0 Å². The molecule has 120 valence electrons. The number of hydrogen-bond donors (Lipinski definition) is 1. The maximum Gasteiger partial charge on any atom is 0.170 e. The van der Waals surface area contributed by atoms with Crippen LogP contribution in [0.25, 0.3) is 0 Å². The zero-order valence-corrected chi connectivity index (χ0v) is 13.6. The smallest absolute Gasteiger partial charge is 0.170 e. The number of benzene rings is 2. The zero-order valence-electron chi connectivity index (χ0n) is 13.6. The van der Waals surface area contributed by atoms with Crippen molar-refractivity contribution in [3.8, 4) is 0 Å². The fourth-order valence-electron chi connectivity index (χ4n) is 5.71. The first-order valence-corrected chi connectivity index (χ1v) is 8.35. The third-order valence-electron chi connectivity index (χ3n) is 6.97. The largest absolute Gasteiger partial charge is 0.384 e. The van der Waals surface area contributed by atoms with Crippen LogP contribution in [0.1, 0.15) is 30.5 Å². The number of aliphatic hydroxyl groups excluding tert-OH is 1. The van der Waals surface area contributed by atoms with Crippen molar-refractivity contribution in [1.29, 1.82) is 0 Å². The van der Waals surface area contributed by atoms with E-state index in [9.17, 15) is 14.7 Å². The van der Waals surface area contributed by atoms with E-state index in [0.717, 1.165) is 16.7 Å². The van der Waals surface area contributed by atoms with Gasteiger partial charge in [-0.05, 0) is 23.6 Å². The van der Waals surface area contributed by atoms with Gasteiger partial charge in [0.15, 0.2) is 11.6 Å². The Morgan fingerprint density at radius 3 is 2.08 bits per heavy atom. The molecule has 0 radical (unpaired) electrons. The molecule has 0 amide bonds. The number of rotatable bonds is 1. The van der Waals surface area contributed by atoms with Gasteiger partial charge in [0.1, 0.15) is 6.10 Å². The van der Waals surface area contributed by atoms with E-state index >= 15 is 0 Å². The zero-order chi connectivity index (χ0) is 16.9. The minimum absolute atomic E-state index is 0.000321. The lowest BCUT2D eigenvalue weighted by Crippen LogP contribution is -2.55. The van der Waals surface area contributed by atoms with E-state index in [-0.39, 0.29) is 17.5 Å². The van der Waals surface area contributed by atoms with Gasteiger partial charge in [-0.3, -0.25) is 9.59 Å². The Balaban J connectivity index is 1.96. The standard InChI is InChI=1S/C21H18O3/c1-19-13-10-6-7-11-14(13)21(12-8-4-3-5-9-12)15(16(19)22)20(21,2)18(24)17(19)23/h3-11,15,17,23H,1-2H3/t15?,17-,19+,20+,21?/m0/s1. The van der Waals surface area contributed by atoms with Crippen molar-refractivity contribution in [3.05, 3.63) is 71.3 Å². The highest BCUT2D eigenvalue weighted by Gasteiger charge is 2.89. The van der Waals surface area contributed by atoms with E-state index in [2.05, 4.69) is 0 Å². The maximum absolute atomic E-state index is 13.3. The van der Waals surface area contributed by atoms with Crippen molar-refractivity contribution in [1.82, 2.24) is 0 Å². The van der Waals surface area contributed by atoms with E-state index in [1.165, 1.54) is 0 Å². The van der Waals surface area contributed by atoms with Gasteiger partial charge in [-0.15, -0.1) is 0 Å². The normalized spacial score (nSPS) is 41.8. The molecule has 5 atom stereocenters. The van der Waals surface area contributed by atoms with Crippen molar-refractivity contribution < 1.29 is 14.7 Å². The fourth-order valence-corrected chi connectivity index (χ4v) is 5.71. The third kappa shape index (κ3) is 1.09. The van der Waals surface area contributed by atoms with Gasteiger partial charge in [0.05, 0.1) is 10.8 Å². The molecule has 0 spiro atoms. The lowest BCUT2D eigenvalue weighted by Gasteiger charge is -2.40. The van der Waals surface area contributed by atoms with Crippen molar-refractivity contribution in [2.75, 3.05) is 0 Å². The van der Waals surface area contributed by atoms with E-state index in [1.54, 1.807) is 6.92 Å². The summed E-state index contributed by atoms with van der Waals surface area (Å²) < 4.78 is 0. The number of carbonyl (C=O) groups excluding carboxylic acids is 2. The molecule has 1 N–H and O–H groups in total. The van der Waals surface area contributed by atoms with Gasteiger partial charge in [-0.25, -0.2) is 0 Å². The van der Waals surface area contributed by atoms with Gasteiger partial charge < -0.3 is 5.11 Å². The molecule has 0 heterocycles. The predicted molar refractivity (Wildman–Crippen MR) is 88.6 cm³/mol. The van der Waals surface area contributed by atoms with Crippen LogP contribution in [0.4, 0.5) is 0 Å². The van der Waals surface area contributed by atoms with Crippen LogP contribution >= 0.6 is 0 Å². The van der Waals surface area contributed by atoms with Gasteiger partial charge in [-0.2, -0.15) is 0 Å². The van der Waals surface area contributed by atoms with Crippen molar-refractivity contribution in [3.63, 3.8) is 0 Å². The molecule has 2 saturated carbocycles. The van der Waals surface area contributed by atoms with Gasteiger partial charge in [0.2, 0.25) is 0 Å². The highest BCUT2D eigenvalue weighted by atomic mass is 16.3.